The van der Waals surface area contributed by atoms with Gasteiger partial charge in [-0.15, -0.1) is 0 Å². The van der Waals surface area contributed by atoms with Crippen LogP contribution in [0.25, 0.3) is 5.31 Å². The molecule has 0 aliphatic carbocycles. The minimum absolute atomic E-state index is 0.0843. The van der Waals surface area contributed by atoms with Crippen LogP contribution < -0.4 is 0 Å². The summed E-state index contributed by atoms with van der Waals surface area (Å²) in [6.07, 6.45) is 9.98. The summed E-state index contributed by atoms with van der Waals surface area (Å²) in [6, 6.07) is 11.5. The van der Waals surface area contributed by atoms with Gasteiger partial charge < -0.3 is 0 Å². The second-order valence-corrected chi connectivity index (χ2v) is 26.1. The van der Waals surface area contributed by atoms with Crippen LogP contribution in [0.5, 0.6) is 0 Å². The third-order valence-electron chi connectivity index (χ3n) is 7.96. The molecule has 29 heavy (non-hydrogen) atoms. The molecule has 0 N–H and O–H groups in total. The fourth-order valence-electron chi connectivity index (χ4n) is 5.96. The molecule has 0 radical (unpaired) electrons. The molecule has 0 saturated heterocycles. The second kappa shape index (κ2) is 10.0. The minimum atomic E-state index is -2.38. The van der Waals surface area contributed by atoms with E-state index < -0.39 is 18.4 Å². The zero-order chi connectivity index (χ0) is 21.1. The van der Waals surface area contributed by atoms with Crippen LogP contribution in [0.2, 0.25) is 13.3 Å². The average molecular weight is 517 g/mol. The van der Waals surface area contributed by atoms with E-state index in [2.05, 4.69) is 75.2 Å². The van der Waals surface area contributed by atoms with Gasteiger partial charge in [-0.2, -0.15) is 0 Å². The first-order valence-corrected chi connectivity index (χ1v) is 21.2. The van der Waals surface area contributed by atoms with E-state index in [0.29, 0.717) is 5.41 Å². The van der Waals surface area contributed by atoms with Crippen molar-refractivity contribution < 1.29 is 0 Å². The molecule has 1 aromatic carbocycles. The van der Waals surface area contributed by atoms with Gasteiger partial charge >= 0.3 is 187 Å². The Balaban J connectivity index is 2.10. The third-order valence-corrected chi connectivity index (χ3v) is 31.6. The van der Waals surface area contributed by atoms with E-state index in [4.69, 9.17) is 0 Å². The van der Waals surface area contributed by atoms with Gasteiger partial charge in [0.2, 0.25) is 0 Å². The van der Waals surface area contributed by atoms with Crippen LogP contribution >= 0.6 is 7.92 Å². The first-order chi connectivity index (χ1) is 13.9. The molecular weight excluding hydrogens is 474 g/mol. The SMILES string of the molecule is CCC[CH2][Sn]([CH2]CCC)([CH2]CCC)[C]1=C(C)C2(C)CP1C(c1ccccc1)=C2C. The van der Waals surface area contributed by atoms with Crippen molar-refractivity contribution in [1.29, 1.82) is 0 Å². The molecule has 2 aliphatic rings. The maximum absolute atomic E-state index is 2.59. The van der Waals surface area contributed by atoms with Gasteiger partial charge in [0.05, 0.1) is 0 Å². The van der Waals surface area contributed by atoms with Gasteiger partial charge in [-0.3, -0.25) is 0 Å². The number of hydrogen-bond donors (Lipinski definition) is 0. The molecule has 0 aromatic heterocycles. The third kappa shape index (κ3) is 4.32. The van der Waals surface area contributed by atoms with E-state index in [1.54, 1.807) is 24.2 Å². The summed E-state index contributed by atoms with van der Waals surface area (Å²) in [7, 11) is -0.0843. The van der Waals surface area contributed by atoms with Crippen LogP contribution in [-0.2, 0) is 0 Å². The molecular formula is C27H43PSn. The molecule has 2 heteroatoms. The number of rotatable bonds is 11. The fraction of sp³-hybridized carbons (Fsp3) is 0.630. The van der Waals surface area contributed by atoms with Crippen LogP contribution in [0, 0.1) is 5.41 Å². The zero-order valence-electron chi connectivity index (χ0n) is 19.9. The first-order valence-electron chi connectivity index (χ1n) is 12.2. The summed E-state index contributed by atoms with van der Waals surface area (Å²) in [4.78, 5) is 0. The molecule has 2 atom stereocenters. The summed E-state index contributed by atoms with van der Waals surface area (Å²) < 4.78 is 7.01. The molecule has 1 aromatic rings. The van der Waals surface area contributed by atoms with Crippen molar-refractivity contribution in [3.05, 3.63) is 50.4 Å². The van der Waals surface area contributed by atoms with E-state index in [1.165, 1.54) is 50.3 Å². The van der Waals surface area contributed by atoms with Crippen molar-refractivity contribution in [2.75, 3.05) is 6.16 Å². The Hall–Kier alpha value is -0.0713. The Bertz CT molecular complexity index is 738. The van der Waals surface area contributed by atoms with Crippen molar-refractivity contribution in [1.82, 2.24) is 0 Å². The number of hydrogen-bond acceptors (Lipinski definition) is 0. The van der Waals surface area contributed by atoms with Crippen LogP contribution in [0.3, 0.4) is 0 Å². The van der Waals surface area contributed by atoms with Crippen LogP contribution in [0.15, 0.2) is 44.8 Å². The topological polar surface area (TPSA) is 0 Å². The molecule has 0 fully saturated rings. The predicted molar refractivity (Wildman–Crippen MR) is 137 cm³/mol. The molecule has 0 saturated carbocycles. The molecule has 2 aliphatic heterocycles. The summed E-state index contributed by atoms with van der Waals surface area (Å²) in [6.45, 7) is 14.8. The van der Waals surface area contributed by atoms with Gasteiger partial charge in [0.1, 0.15) is 0 Å². The number of allylic oxidation sites excluding steroid dienone is 2. The second-order valence-electron chi connectivity index (χ2n) is 9.82. The molecule has 2 bridgehead atoms. The van der Waals surface area contributed by atoms with E-state index in [0.717, 1.165) is 0 Å². The monoisotopic (exact) mass is 518 g/mol. The fourth-order valence-corrected chi connectivity index (χ4v) is 34.8. The van der Waals surface area contributed by atoms with Crippen LogP contribution in [-0.4, -0.2) is 24.5 Å². The Morgan fingerprint density at radius 2 is 1.34 bits per heavy atom. The van der Waals surface area contributed by atoms with E-state index in [1.807, 2.05) is 5.57 Å². The molecule has 0 spiro atoms. The molecule has 0 amide bonds. The van der Waals surface area contributed by atoms with Gasteiger partial charge in [0, 0.05) is 0 Å². The number of fused-ring (bicyclic) bond motifs is 2. The molecule has 0 nitrogen and oxygen atoms in total. The Labute approximate surface area is 186 Å². The van der Waals surface area contributed by atoms with Crippen LogP contribution in [0.4, 0.5) is 0 Å². The number of unbranched alkanes of at least 4 members (excludes halogenated alkanes) is 3. The summed E-state index contributed by atoms with van der Waals surface area (Å²) in [5.41, 5.74) is 5.46. The van der Waals surface area contributed by atoms with E-state index >= 15 is 0 Å². The molecule has 160 valence electrons. The summed E-state index contributed by atoms with van der Waals surface area (Å²) in [5, 5.41) is 1.79. The Kier molecular flexibility index (Phi) is 8.16. The summed E-state index contributed by atoms with van der Waals surface area (Å²) in [5.74, 6) is 0. The van der Waals surface area contributed by atoms with Gasteiger partial charge in [-0.05, 0) is 0 Å². The maximum atomic E-state index is 2.59. The van der Waals surface area contributed by atoms with Crippen molar-refractivity contribution in [2.24, 2.45) is 5.41 Å². The quantitative estimate of drug-likeness (QED) is 0.203. The molecule has 2 heterocycles. The van der Waals surface area contributed by atoms with Gasteiger partial charge in [-0.25, -0.2) is 0 Å². The van der Waals surface area contributed by atoms with Crippen molar-refractivity contribution in [3.63, 3.8) is 0 Å². The van der Waals surface area contributed by atoms with Crippen molar-refractivity contribution in [2.45, 2.75) is 93.4 Å². The number of benzene rings is 1. The molecule has 3 rings (SSSR count). The summed E-state index contributed by atoms with van der Waals surface area (Å²) >= 11 is -2.38. The van der Waals surface area contributed by atoms with Gasteiger partial charge in [0.25, 0.3) is 0 Å². The van der Waals surface area contributed by atoms with Crippen molar-refractivity contribution >= 4 is 31.6 Å². The zero-order valence-corrected chi connectivity index (χ0v) is 23.7. The Morgan fingerprint density at radius 3 is 1.79 bits per heavy atom. The standard InChI is InChI=1S/C15H16P.3C4H9.Sn/c1-11-9-16-10-15(11,3)12(2)14(16)13-7-5-4-6-8-13;3*1-3-4-2;/h4-8H,10H2,1-3H3;3*1,3-4H2,2H3;. The van der Waals surface area contributed by atoms with E-state index in [9.17, 15) is 0 Å². The first kappa shape index (κ1) is 23.6. The van der Waals surface area contributed by atoms with Gasteiger partial charge in [0.15, 0.2) is 0 Å². The molecule has 2 unspecified atom stereocenters. The van der Waals surface area contributed by atoms with Gasteiger partial charge in [-0.1, -0.05) is 0 Å². The van der Waals surface area contributed by atoms with Crippen molar-refractivity contribution in [3.8, 4) is 0 Å². The predicted octanol–water partition coefficient (Wildman–Crippen LogP) is 9.60. The average Bonchev–Trinajstić information content (AvgIpc) is 3.15. The Morgan fingerprint density at radius 1 is 0.828 bits per heavy atom. The van der Waals surface area contributed by atoms with Crippen LogP contribution in [0.1, 0.15) is 85.6 Å². The normalized spacial score (nSPS) is 24.1. The van der Waals surface area contributed by atoms with E-state index in [-0.39, 0.29) is 7.92 Å².